The molecular formula is C11H20N2O2. The Hall–Kier alpha value is -0.870. The number of aliphatic hydroxyl groups excluding tert-OH is 1. The molecule has 0 amide bonds. The van der Waals surface area contributed by atoms with Gasteiger partial charge in [-0.05, 0) is 26.8 Å². The summed E-state index contributed by atoms with van der Waals surface area (Å²) >= 11 is 0. The van der Waals surface area contributed by atoms with Crippen molar-refractivity contribution in [2.45, 2.75) is 39.4 Å². The largest absolute Gasteiger partial charge is 0.390 e. The molecule has 0 aliphatic rings. The molecule has 0 aromatic carbocycles. The van der Waals surface area contributed by atoms with Gasteiger partial charge in [0.2, 0.25) is 0 Å². The molecule has 0 spiro atoms. The van der Waals surface area contributed by atoms with E-state index in [-0.39, 0.29) is 6.10 Å². The van der Waals surface area contributed by atoms with Crippen LogP contribution in [0.15, 0.2) is 6.07 Å². The number of ether oxygens (including phenoxy) is 1. The van der Waals surface area contributed by atoms with E-state index in [0.29, 0.717) is 13.0 Å². The van der Waals surface area contributed by atoms with E-state index in [1.807, 2.05) is 33.9 Å². The van der Waals surface area contributed by atoms with E-state index in [0.717, 1.165) is 11.4 Å². The van der Waals surface area contributed by atoms with Crippen LogP contribution in [0.2, 0.25) is 0 Å². The molecule has 1 aromatic heterocycles. The van der Waals surface area contributed by atoms with Gasteiger partial charge in [0.15, 0.2) is 0 Å². The maximum atomic E-state index is 9.72. The lowest BCUT2D eigenvalue weighted by atomic mass is 10.2. The molecule has 0 bridgehead atoms. The van der Waals surface area contributed by atoms with Crippen molar-refractivity contribution in [3.8, 4) is 0 Å². The van der Waals surface area contributed by atoms with Gasteiger partial charge in [0.25, 0.3) is 0 Å². The van der Waals surface area contributed by atoms with E-state index < -0.39 is 6.10 Å². The summed E-state index contributed by atoms with van der Waals surface area (Å²) in [7, 11) is 1.89. The van der Waals surface area contributed by atoms with E-state index >= 15 is 0 Å². The highest BCUT2D eigenvalue weighted by molar-refractivity contribution is 5.09. The zero-order valence-electron chi connectivity index (χ0n) is 9.90. The second-order valence-corrected chi connectivity index (χ2v) is 4.14. The molecule has 15 heavy (non-hydrogen) atoms. The fraction of sp³-hybridized carbons (Fsp3) is 0.727. The third-order valence-corrected chi connectivity index (χ3v) is 2.17. The van der Waals surface area contributed by atoms with Gasteiger partial charge in [-0.2, -0.15) is 5.10 Å². The van der Waals surface area contributed by atoms with Crippen molar-refractivity contribution < 1.29 is 9.84 Å². The van der Waals surface area contributed by atoms with Crippen molar-refractivity contribution in [3.63, 3.8) is 0 Å². The predicted octanol–water partition coefficient (Wildman–Crippen LogP) is 1.06. The van der Waals surface area contributed by atoms with Gasteiger partial charge >= 0.3 is 0 Å². The Morgan fingerprint density at radius 1 is 1.53 bits per heavy atom. The summed E-state index contributed by atoms with van der Waals surface area (Å²) in [5, 5.41) is 13.9. The van der Waals surface area contributed by atoms with E-state index in [2.05, 4.69) is 5.10 Å². The van der Waals surface area contributed by atoms with Gasteiger partial charge in [-0.25, -0.2) is 0 Å². The zero-order chi connectivity index (χ0) is 11.4. The lowest BCUT2D eigenvalue weighted by Crippen LogP contribution is -2.21. The van der Waals surface area contributed by atoms with Gasteiger partial charge in [-0.15, -0.1) is 0 Å². The Bertz CT molecular complexity index is 308. The summed E-state index contributed by atoms with van der Waals surface area (Å²) in [5.74, 6) is 0. The number of rotatable bonds is 5. The molecule has 0 fully saturated rings. The van der Waals surface area contributed by atoms with Crippen LogP contribution in [0.5, 0.6) is 0 Å². The first-order valence-electron chi connectivity index (χ1n) is 5.28. The van der Waals surface area contributed by atoms with Gasteiger partial charge in [-0.1, -0.05) is 0 Å². The highest BCUT2D eigenvalue weighted by Crippen LogP contribution is 2.06. The molecule has 86 valence electrons. The van der Waals surface area contributed by atoms with Crippen LogP contribution < -0.4 is 0 Å². The third kappa shape index (κ3) is 4.01. The van der Waals surface area contributed by atoms with E-state index in [9.17, 15) is 5.11 Å². The zero-order valence-corrected chi connectivity index (χ0v) is 9.90. The van der Waals surface area contributed by atoms with Crippen LogP contribution in [0, 0.1) is 6.92 Å². The van der Waals surface area contributed by atoms with Crippen LogP contribution in [0.25, 0.3) is 0 Å². The molecule has 1 aromatic rings. The molecule has 0 aliphatic carbocycles. The molecule has 1 atom stereocenters. The maximum absolute atomic E-state index is 9.72. The normalized spacial score (nSPS) is 13.5. The molecule has 1 heterocycles. The van der Waals surface area contributed by atoms with Crippen LogP contribution in [0.3, 0.4) is 0 Å². The molecule has 0 radical (unpaired) electrons. The summed E-state index contributed by atoms with van der Waals surface area (Å²) in [5.41, 5.74) is 2.01. The monoisotopic (exact) mass is 212 g/mol. The minimum Gasteiger partial charge on any atom is -0.390 e. The second-order valence-electron chi connectivity index (χ2n) is 4.14. The minimum atomic E-state index is -0.456. The number of nitrogens with zero attached hydrogens (tertiary/aromatic N) is 2. The molecule has 4 heteroatoms. The van der Waals surface area contributed by atoms with Crippen molar-refractivity contribution in [2.75, 3.05) is 6.61 Å². The van der Waals surface area contributed by atoms with Crippen molar-refractivity contribution in [1.82, 2.24) is 9.78 Å². The molecule has 4 nitrogen and oxygen atoms in total. The Kier molecular flexibility index (Phi) is 4.29. The molecule has 0 saturated heterocycles. The lowest BCUT2D eigenvalue weighted by Gasteiger charge is -2.13. The number of hydrogen-bond acceptors (Lipinski definition) is 3. The van der Waals surface area contributed by atoms with Gasteiger partial charge in [0.05, 0.1) is 24.5 Å². The summed E-state index contributed by atoms with van der Waals surface area (Å²) in [6.07, 6.45) is 0.291. The highest BCUT2D eigenvalue weighted by Gasteiger charge is 2.10. The lowest BCUT2D eigenvalue weighted by molar-refractivity contribution is 0.00556. The molecule has 1 rings (SSSR count). The standard InChI is InChI=1S/C11H20N2O2/c1-8(2)15-7-11(14)6-10-5-9(3)12-13(10)4/h5,8,11,14H,6-7H2,1-4H3. The first kappa shape index (κ1) is 12.2. The molecule has 0 saturated carbocycles. The van der Waals surface area contributed by atoms with Gasteiger partial charge in [-0.3, -0.25) is 4.68 Å². The van der Waals surface area contributed by atoms with Crippen LogP contribution in [0.1, 0.15) is 25.2 Å². The third-order valence-electron chi connectivity index (χ3n) is 2.17. The van der Waals surface area contributed by atoms with Crippen LogP contribution in [-0.4, -0.2) is 33.7 Å². The number of hydrogen-bond donors (Lipinski definition) is 1. The fourth-order valence-electron chi connectivity index (χ4n) is 1.46. The van der Waals surface area contributed by atoms with E-state index in [1.165, 1.54) is 0 Å². The fourth-order valence-corrected chi connectivity index (χ4v) is 1.46. The molecule has 1 unspecified atom stereocenters. The first-order valence-corrected chi connectivity index (χ1v) is 5.28. The number of aliphatic hydroxyl groups is 1. The SMILES string of the molecule is Cc1cc(CC(O)COC(C)C)n(C)n1. The summed E-state index contributed by atoms with van der Waals surface area (Å²) < 4.78 is 7.14. The Balaban J connectivity index is 2.44. The molecule has 1 N–H and O–H groups in total. The van der Waals surface area contributed by atoms with Crippen molar-refractivity contribution in [2.24, 2.45) is 7.05 Å². The quantitative estimate of drug-likeness (QED) is 0.793. The molecular weight excluding hydrogens is 192 g/mol. The summed E-state index contributed by atoms with van der Waals surface area (Å²) in [6, 6.07) is 1.98. The minimum absolute atomic E-state index is 0.160. The van der Waals surface area contributed by atoms with Gasteiger partial charge in [0, 0.05) is 19.2 Å². The van der Waals surface area contributed by atoms with E-state index in [1.54, 1.807) is 4.68 Å². The van der Waals surface area contributed by atoms with E-state index in [4.69, 9.17) is 4.74 Å². The average molecular weight is 212 g/mol. The maximum Gasteiger partial charge on any atom is 0.0828 e. The van der Waals surface area contributed by atoms with Crippen LogP contribution in [0.4, 0.5) is 0 Å². The Labute approximate surface area is 90.9 Å². The Morgan fingerprint density at radius 2 is 2.20 bits per heavy atom. The topological polar surface area (TPSA) is 47.3 Å². The highest BCUT2D eigenvalue weighted by atomic mass is 16.5. The number of aromatic nitrogens is 2. The summed E-state index contributed by atoms with van der Waals surface area (Å²) in [6.45, 7) is 6.24. The van der Waals surface area contributed by atoms with Gasteiger partial charge in [0.1, 0.15) is 0 Å². The average Bonchev–Trinajstić information content (AvgIpc) is 2.42. The number of aryl methyl sites for hydroxylation is 2. The second kappa shape index (κ2) is 5.28. The summed E-state index contributed by atoms with van der Waals surface area (Å²) in [4.78, 5) is 0. The smallest absolute Gasteiger partial charge is 0.0828 e. The molecule has 0 aliphatic heterocycles. The van der Waals surface area contributed by atoms with Crippen molar-refractivity contribution in [3.05, 3.63) is 17.5 Å². The van der Waals surface area contributed by atoms with Crippen LogP contribution >= 0.6 is 0 Å². The van der Waals surface area contributed by atoms with Crippen molar-refractivity contribution in [1.29, 1.82) is 0 Å². The first-order chi connectivity index (χ1) is 6.99. The van der Waals surface area contributed by atoms with Crippen LogP contribution in [-0.2, 0) is 18.2 Å². The predicted molar refractivity (Wildman–Crippen MR) is 58.7 cm³/mol. The van der Waals surface area contributed by atoms with Crippen molar-refractivity contribution >= 4 is 0 Å². The van der Waals surface area contributed by atoms with Gasteiger partial charge < -0.3 is 9.84 Å². The Morgan fingerprint density at radius 3 is 2.67 bits per heavy atom.